The van der Waals surface area contributed by atoms with E-state index in [1.165, 1.54) is 0 Å². The lowest BCUT2D eigenvalue weighted by Gasteiger charge is -2.09. The second-order valence-corrected chi connectivity index (χ2v) is 3.21. The van der Waals surface area contributed by atoms with Crippen LogP contribution in [0.1, 0.15) is 6.92 Å². The molecule has 0 bridgehead atoms. The first-order valence-corrected chi connectivity index (χ1v) is 4.87. The van der Waals surface area contributed by atoms with Crippen molar-refractivity contribution >= 4 is 0 Å². The molecule has 0 saturated carbocycles. The van der Waals surface area contributed by atoms with Crippen molar-refractivity contribution in [3.63, 3.8) is 0 Å². The Morgan fingerprint density at radius 2 is 1.93 bits per heavy atom. The molecule has 0 spiro atoms. The summed E-state index contributed by atoms with van der Waals surface area (Å²) in [5, 5.41) is 17.6. The van der Waals surface area contributed by atoms with Gasteiger partial charge in [-0.15, -0.1) is 0 Å². The molecule has 0 aliphatic rings. The normalized spacial score (nSPS) is 12.2. The summed E-state index contributed by atoms with van der Waals surface area (Å²) in [6, 6.07) is 7.08. The van der Waals surface area contributed by atoms with E-state index < -0.39 is 6.10 Å². The number of benzene rings is 1. The third-order valence-corrected chi connectivity index (χ3v) is 1.66. The van der Waals surface area contributed by atoms with Crippen molar-refractivity contribution in [3.8, 4) is 11.5 Å². The number of rotatable bonds is 6. The molecule has 1 unspecified atom stereocenters. The smallest absolute Gasteiger partial charge is 0.123 e. The first-order valence-electron chi connectivity index (χ1n) is 4.87. The maximum Gasteiger partial charge on any atom is 0.123 e. The largest absolute Gasteiger partial charge is 0.491 e. The minimum Gasteiger partial charge on any atom is -0.491 e. The van der Waals surface area contributed by atoms with E-state index in [-0.39, 0.29) is 19.8 Å². The third kappa shape index (κ3) is 4.67. The Kier molecular flexibility index (Phi) is 4.93. The highest BCUT2D eigenvalue weighted by Crippen LogP contribution is 2.19. The van der Waals surface area contributed by atoms with Crippen molar-refractivity contribution < 1.29 is 19.7 Å². The van der Waals surface area contributed by atoms with Gasteiger partial charge in [0.25, 0.3) is 0 Å². The number of aliphatic hydroxyl groups is 2. The summed E-state index contributed by atoms with van der Waals surface area (Å²) >= 11 is 0. The van der Waals surface area contributed by atoms with Gasteiger partial charge in [-0.2, -0.15) is 0 Å². The van der Waals surface area contributed by atoms with Crippen molar-refractivity contribution in [3.05, 3.63) is 24.3 Å². The molecule has 1 rings (SSSR count). The predicted octanol–water partition coefficient (Wildman–Crippen LogP) is 0.817. The van der Waals surface area contributed by atoms with Gasteiger partial charge in [-0.25, -0.2) is 0 Å². The zero-order valence-corrected chi connectivity index (χ0v) is 8.72. The lowest BCUT2D eigenvalue weighted by molar-refractivity contribution is 0.122. The molecule has 4 nitrogen and oxygen atoms in total. The minimum atomic E-state index is -0.494. The van der Waals surface area contributed by atoms with Crippen LogP contribution in [0.3, 0.4) is 0 Å². The number of hydrogen-bond donors (Lipinski definition) is 2. The summed E-state index contributed by atoms with van der Waals surface area (Å²) in [5.74, 6) is 1.29. The van der Waals surface area contributed by atoms with Gasteiger partial charge in [-0.05, 0) is 19.1 Å². The molecule has 1 aromatic carbocycles. The van der Waals surface area contributed by atoms with Crippen molar-refractivity contribution in [1.82, 2.24) is 0 Å². The first-order chi connectivity index (χ1) is 7.22. The van der Waals surface area contributed by atoms with Gasteiger partial charge in [0.1, 0.15) is 24.7 Å². The zero-order chi connectivity index (χ0) is 11.1. The Morgan fingerprint density at radius 1 is 1.27 bits per heavy atom. The molecule has 0 fully saturated rings. The summed E-state index contributed by atoms with van der Waals surface area (Å²) in [4.78, 5) is 0. The third-order valence-electron chi connectivity index (χ3n) is 1.66. The molecule has 0 aliphatic heterocycles. The highest BCUT2D eigenvalue weighted by Gasteiger charge is 2.00. The highest BCUT2D eigenvalue weighted by atomic mass is 16.5. The molecule has 2 N–H and O–H groups in total. The van der Waals surface area contributed by atoms with Gasteiger partial charge in [0.2, 0.25) is 0 Å². The van der Waals surface area contributed by atoms with E-state index in [4.69, 9.17) is 19.7 Å². The predicted molar refractivity (Wildman–Crippen MR) is 56.2 cm³/mol. The number of hydrogen-bond acceptors (Lipinski definition) is 4. The standard InChI is InChI=1S/C11H16O4/c1-9(13)8-15-11-4-2-3-10(7-11)14-6-5-12/h2-4,7,9,12-13H,5-6,8H2,1H3. The summed E-state index contributed by atoms with van der Waals surface area (Å²) in [7, 11) is 0. The van der Waals surface area contributed by atoms with E-state index in [9.17, 15) is 0 Å². The second-order valence-electron chi connectivity index (χ2n) is 3.21. The van der Waals surface area contributed by atoms with Crippen LogP contribution in [-0.2, 0) is 0 Å². The summed E-state index contributed by atoms with van der Waals surface area (Å²) < 4.78 is 10.5. The van der Waals surface area contributed by atoms with E-state index in [1.54, 1.807) is 31.2 Å². The maximum absolute atomic E-state index is 9.04. The lowest BCUT2D eigenvalue weighted by Crippen LogP contribution is -2.12. The molecule has 1 atom stereocenters. The van der Waals surface area contributed by atoms with Crippen molar-refractivity contribution in [2.45, 2.75) is 13.0 Å². The van der Waals surface area contributed by atoms with Gasteiger partial charge in [0.05, 0.1) is 12.7 Å². The van der Waals surface area contributed by atoms with Gasteiger partial charge < -0.3 is 19.7 Å². The van der Waals surface area contributed by atoms with Gasteiger partial charge in [0, 0.05) is 6.07 Å². The molecule has 0 heterocycles. The first kappa shape index (κ1) is 11.8. The summed E-state index contributed by atoms with van der Waals surface area (Å²) in [6.07, 6.45) is -0.494. The lowest BCUT2D eigenvalue weighted by atomic mass is 10.3. The molecule has 0 saturated heterocycles. The van der Waals surface area contributed by atoms with Crippen LogP contribution in [-0.4, -0.2) is 36.1 Å². The monoisotopic (exact) mass is 212 g/mol. The van der Waals surface area contributed by atoms with Crippen LogP contribution in [0, 0.1) is 0 Å². The average molecular weight is 212 g/mol. The fraction of sp³-hybridized carbons (Fsp3) is 0.455. The van der Waals surface area contributed by atoms with Crippen LogP contribution in [0.25, 0.3) is 0 Å². The highest BCUT2D eigenvalue weighted by molar-refractivity contribution is 5.32. The number of ether oxygens (including phenoxy) is 2. The molecule has 15 heavy (non-hydrogen) atoms. The fourth-order valence-electron chi connectivity index (χ4n) is 1.03. The van der Waals surface area contributed by atoms with Gasteiger partial charge >= 0.3 is 0 Å². The van der Waals surface area contributed by atoms with E-state index in [1.807, 2.05) is 0 Å². The van der Waals surface area contributed by atoms with Crippen LogP contribution in [0.5, 0.6) is 11.5 Å². The molecule has 0 radical (unpaired) electrons. The van der Waals surface area contributed by atoms with Crippen LogP contribution < -0.4 is 9.47 Å². The Balaban J connectivity index is 2.50. The molecule has 1 aromatic rings. The van der Waals surface area contributed by atoms with Crippen molar-refractivity contribution in [1.29, 1.82) is 0 Å². The summed E-state index contributed by atoms with van der Waals surface area (Å²) in [5.41, 5.74) is 0. The average Bonchev–Trinajstić information content (AvgIpc) is 2.24. The van der Waals surface area contributed by atoms with Gasteiger partial charge in [-0.1, -0.05) is 6.07 Å². The Bertz CT molecular complexity index is 286. The maximum atomic E-state index is 9.04. The van der Waals surface area contributed by atoms with E-state index >= 15 is 0 Å². The zero-order valence-electron chi connectivity index (χ0n) is 8.72. The van der Waals surface area contributed by atoms with Gasteiger partial charge in [-0.3, -0.25) is 0 Å². The molecule has 0 amide bonds. The minimum absolute atomic E-state index is 0.0151. The SMILES string of the molecule is CC(O)COc1cccc(OCCO)c1. The topological polar surface area (TPSA) is 58.9 Å². The Hall–Kier alpha value is -1.26. The molecule has 84 valence electrons. The van der Waals surface area contributed by atoms with Crippen LogP contribution >= 0.6 is 0 Å². The van der Waals surface area contributed by atoms with E-state index in [2.05, 4.69) is 0 Å². The Morgan fingerprint density at radius 3 is 2.53 bits per heavy atom. The van der Waals surface area contributed by atoms with Gasteiger partial charge in [0.15, 0.2) is 0 Å². The molecular weight excluding hydrogens is 196 g/mol. The van der Waals surface area contributed by atoms with E-state index in [0.29, 0.717) is 11.5 Å². The van der Waals surface area contributed by atoms with Crippen LogP contribution in [0.4, 0.5) is 0 Å². The quantitative estimate of drug-likeness (QED) is 0.733. The van der Waals surface area contributed by atoms with E-state index in [0.717, 1.165) is 0 Å². The number of aliphatic hydroxyl groups excluding tert-OH is 2. The van der Waals surface area contributed by atoms with Crippen molar-refractivity contribution in [2.75, 3.05) is 19.8 Å². The van der Waals surface area contributed by atoms with Crippen LogP contribution in [0.15, 0.2) is 24.3 Å². The van der Waals surface area contributed by atoms with Crippen molar-refractivity contribution in [2.24, 2.45) is 0 Å². The molecule has 0 aromatic heterocycles. The van der Waals surface area contributed by atoms with Crippen LogP contribution in [0.2, 0.25) is 0 Å². The fourth-order valence-corrected chi connectivity index (χ4v) is 1.03. The molecule has 4 heteroatoms. The second kappa shape index (κ2) is 6.27. The molecule has 0 aliphatic carbocycles. The molecular formula is C11H16O4. The summed E-state index contributed by atoms with van der Waals surface area (Å²) in [6.45, 7) is 2.16. The Labute approximate surface area is 89.1 Å².